The van der Waals surface area contributed by atoms with Crippen molar-refractivity contribution < 1.29 is 154 Å². The number of nitrogens with two attached hydrogens (primary N) is 1. The van der Waals surface area contributed by atoms with Gasteiger partial charge in [-0.1, -0.05) is 0 Å². The Kier molecular flexibility index (Phi) is 23.0. The number of hydrogen-bond donors (Lipinski definition) is 20. The van der Waals surface area contributed by atoms with Crippen LogP contribution in [-0.2, 0) is 56.8 Å². The summed E-state index contributed by atoms with van der Waals surface area (Å²) >= 11 is 0. The summed E-state index contributed by atoms with van der Waals surface area (Å²) < 4.78 is 67.7. The molecule has 0 radical (unpaired) electrons. The van der Waals surface area contributed by atoms with Crippen LogP contribution in [0.2, 0.25) is 0 Å². The Morgan fingerprint density at radius 1 is 0.342 bits per heavy atom. The summed E-state index contributed by atoms with van der Waals surface area (Å²) in [5.74, 6) is 0. The molecule has 0 amide bonds. The van der Waals surface area contributed by atoms with E-state index in [0.29, 0.717) is 25.8 Å². The fraction of sp³-hybridized carbons (Fsp3) is 1.00. The molecule has 32 heteroatoms. The molecule has 0 aromatic rings. The fourth-order valence-electron chi connectivity index (χ4n) is 9.25. The van der Waals surface area contributed by atoms with Crippen molar-refractivity contribution in [2.45, 2.75) is 203 Å². The molecule has 30 atom stereocenters. The van der Waals surface area contributed by atoms with Gasteiger partial charge in [0.25, 0.3) is 0 Å². The summed E-state index contributed by atoms with van der Waals surface area (Å²) in [5, 5.41) is 203. The monoisotopic (exact) mass is 1080 g/mol. The molecule has 0 spiro atoms. The van der Waals surface area contributed by atoms with Gasteiger partial charge in [-0.3, -0.25) is 0 Å². The zero-order valence-corrected chi connectivity index (χ0v) is 39.1. The fourth-order valence-corrected chi connectivity index (χ4v) is 9.25. The van der Waals surface area contributed by atoms with E-state index in [0.717, 1.165) is 0 Å². The summed E-state index contributed by atoms with van der Waals surface area (Å²) in [4.78, 5) is 0. The first-order valence-electron chi connectivity index (χ1n) is 23.8. The lowest BCUT2D eigenvalue weighted by molar-refractivity contribution is -0.392. The third kappa shape index (κ3) is 13.4. The summed E-state index contributed by atoms with van der Waals surface area (Å²) in [6, 6.07) is 0. The van der Waals surface area contributed by atoms with Gasteiger partial charge in [0, 0.05) is 6.61 Å². The molecule has 73 heavy (non-hydrogen) atoms. The molecule has 32 nitrogen and oxygen atoms in total. The van der Waals surface area contributed by atoms with Crippen LogP contribution in [0.3, 0.4) is 0 Å². The molecule has 6 fully saturated rings. The van der Waals surface area contributed by atoms with Gasteiger partial charge in [0.05, 0.1) is 39.6 Å². The molecule has 0 saturated carbocycles. The largest absolute Gasteiger partial charge is 0.394 e. The summed E-state index contributed by atoms with van der Waals surface area (Å²) in [6.07, 6.45) is -55.0. The van der Waals surface area contributed by atoms with Crippen LogP contribution >= 0.6 is 0 Å². The van der Waals surface area contributed by atoms with E-state index in [1.54, 1.807) is 0 Å². The zero-order valence-electron chi connectivity index (χ0n) is 39.1. The molecule has 428 valence electrons. The van der Waals surface area contributed by atoms with Crippen LogP contribution in [0.5, 0.6) is 0 Å². The van der Waals surface area contributed by atoms with Crippen molar-refractivity contribution >= 4 is 0 Å². The number of unbranched alkanes of at least 4 members (excludes halogenated alkanes) is 2. The lowest BCUT2D eigenvalue weighted by Gasteiger charge is -2.49. The van der Waals surface area contributed by atoms with Gasteiger partial charge in [-0.25, -0.2) is 0 Å². The predicted octanol–water partition coefficient (Wildman–Crippen LogP) is -12.9. The normalized spacial score (nSPS) is 49.2. The Morgan fingerprint density at radius 3 is 1.03 bits per heavy atom. The molecular formula is C41H73NO31. The van der Waals surface area contributed by atoms with E-state index in [4.69, 9.17) is 62.6 Å². The van der Waals surface area contributed by atoms with E-state index in [-0.39, 0.29) is 6.61 Å². The van der Waals surface area contributed by atoms with E-state index < -0.39 is 224 Å². The second-order valence-corrected chi connectivity index (χ2v) is 18.5. The Balaban J connectivity index is 1.17. The maximum Gasteiger partial charge on any atom is 0.187 e. The van der Waals surface area contributed by atoms with E-state index >= 15 is 0 Å². The van der Waals surface area contributed by atoms with Crippen molar-refractivity contribution in [2.75, 3.05) is 52.8 Å². The average molecular weight is 1080 g/mol. The number of rotatable bonds is 23. The Labute approximate surface area is 415 Å². The van der Waals surface area contributed by atoms with Crippen LogP contribution in [-0.4, -0.2) is 334 Å². The van der Waals surface area contributed by atoms with Crippen LogP contribution in [0.1, 0.15) is 19.3 Å². The highest BCUT2D eigenvalue weighted by molar-refractivity contribution is 5.00. The molecule has 0 aromatic carbocycles. The standard InChI is InChI=1S/C41H73NO31/c42-4-2-1-3-5-62-36-25(57)31(19(51)14(8-45)63-36)72-41-29(61)35(30(68-41)12(49)6-43)73-40-28(60)34(22(54)17(11-48)67-40)71-39-27(59)33(21(53)16(10-47)66-39)70-38-26(58)32(20(52)15(9-46)65-38)69-37-24(56)23(55)18(50)13(7-44)64-37/h12-41,43-61H,1-11,42H2/t12-,13?,14?,15?,16?,17?,18?,19?,20?,21?,22?,23?,24?,25?,26?,27?,28?,29?,30?,31?,32?,33?,34?,35?,36?,37?,38?,39?,40?,41?/m1/s1. The van der Waals surface area contributed by atoms with Gasteiger partial charge in [-0.2, -0.15) is 0 Å². The van der Waals surface area contributed by atoms with Crippen LogP contribution in [0.15, 0.2) is 0 Å². The highest BCUT2D eigenvalue weighted by Gasteiger charge is 2.58. The summed E-state index contributed by atoms with van der Waals surface area (Å²) in [7, 11) is 0. The second-order valence-electron chi connectivity index (χ2n) is 18.5. The third-order valence-corrected chi connectivity index (χ3v) is 13.5. The summed E-state index contributed by atoms with van der Waals surface area (Å²) in [5.41, 5.74) is 5.52. The van der Waals surface area contributed by atoms with E-state index in [2.05, 4.69) is 0 Å². The van der Waals surface area contributed by atoms with Crippen LogP contribution in [0, 0.1) is 0 Å². The maximum atomic E-state index is 11.7. The first-order chi connectivity index (χ1) is 34.8. The number of aliphatic hydroxyl groups excluding tert-OH is 19. The van der Waals surface area contributed by atoms with E-state index in [1.807, 2.05) is 0 Å². The van der Waals surface area contributed by atoms with Gasteiger partial charge in [0.15, 0.2) is 37.7 Å². The molecular weight excluding hydrogens is 1000 g/mol. The highest BCUT2D eigenvalue weighted by Crippen LogP contribution is 2.38. The van der Waals surface area contributed by atoms with Crippen molar-refractivity contribution in [2.24, 2.45) is 5.73 Å². The SMILES string of the molecule is NCCCCCOC1OC(CO)C(O)C(OC2OC([C@H](O)CO)C(OC3OC(CO)C(O)C(OC4OC(CO)C(O)C(OC5OC(CO)C(O)C(OC6OC(CO)C(O)C(O)C6O)C5O)C4O)C3O)C2O)C1O. The van der Waals surface area contributed by atoms with Gasteiger partial charge in [0.1, 0.15) is 146 Å². The van der Waals surface area contributed by atoms with Crippen molar-refractivity contribution in [1.29, 1.82) is 0 Å². The Bertz CT molecular complexity index is 1620. The zero-order chi connectivity index (χ0) is 53.6. The summed E-state index contributed by atoms with van der Waals surface area (Å²) in [6.45, 7) is -5.21. The van der Waals surface area contributed by atoms with Crippen LogP contribution in [0.4, 0.5) is 0 Å². The van der Waals surface area contributed by atoms with Crippen molar-refractivity contribution in [1.82, 2.24) is 0 Å². The minimum atomic E-state index is -2.25. The van der Waals surface area contributed by atoms with E-state index in [1.165, 1.54) is 0 Å². The minimum absolute atomic E-state index is 0.0703. The molecule has 6 aliphatic rings. The second kappa shape index (κ2) is 27.5. The molecule has 6 aliphatic heterocycles. The molecule has 6 heterocycles. The first kappa shape index (κ1) is 60.9. The van der Waals surface area contributed by atoms with Gasteiger partial charge >= 0.3 is 0 Å². The van der Waals surface area contributed by atoms with Gasteiger partial charge in [-0.15, -0.1) is 0 Å². The Morgan fingerprint density at radius 2 is 0.658 bits per heavy atom. The molecule has 0 aromatic heterocycles. The highest BCUT2D eigenvalue weighted by atomic mass is 16.8. The molecule has 6 saturated heterocycles. The maximum absolute atomic E-state index is 11.7. The molecule has 6 rings (SSSR count). The Hall–Kier alpha value is -1.28. The van der Waals surface area contributed by atoms with Crippen molar-refractivity contribution in [3.05, 3.63) is 0 Å². The predicted molar refractivity (Wildman–Crippen MR) is 226 cm³/mol. The molecule has 0 bridgehead atoms. The molecule has 29 unspecified atom stereocenters. The number of hydrogen-bond acceptors (Lipinski definition) is 32. The molecule has 0 aliphatic carbocycles. The van der Waals surface area contributed by atoms with E-state index in [9.17, 15) is 97.0 Å². The first-order valence-corrected chi connectivity index (χ1v) is 23.8. The van der Waals surface area contributed by atoms with Gasteiger partial charge < -0.3 is 160 Å². The number of ether oxygens (including phenoxy) is 12. The molecule has 21 N–H and O–H groups in total. The number of aliphatic hydroxyl groups is 19. The van der Waals surface area contributed by atoms with Crippen molar-refractivity contribution in [3.63, 3.8) is 0 Å². The van der Waals surface area contributed by atoms with Crippen molar-refractivity contribution in [3.8, 4) is 0 Å². The lowest BCUT2D eigenvalue weighted by Crippen LogP contribution is -2.68. The third-order valence-electron chi connectivity index (χ3n) is 13.5. The van der Waals surface area contributed by atoms with Crippen LogP contribution in [0.25, 0.3) is 0 Å². The smallest absolute Gasteiger partial charge is 0.187 e. The topological polar surface area (TPSA) is 521 Å². The average Bonchev–Trinajstić information content (AvgIpc) is 3.69. The minimum Gasteiger partial charge on any atom is -0.394 e. The quantitative estimate of drug-likeness (QED) is 0.0423. The van der Waals surface area contributed by atoms with Gasteiger partial charge in [0.2, 0.25) is 0 Å². The lowest BCUT2D eigenvalue weighted by atomic mass is 9.95. The van der Waals surface area contributed by atoms with Crippen LogP contribution < -0.4 is 5.73 Å². The van der Waals surface area contributed by atoms with Gasteiger partial charge in [-0.05, 0) is 25.8 Å².